The fraction of sp³-hybridized carbons (Fsp3) is 0.0455. The van der Waals surface area contributed by atoms with Crippen molar-refractivity contribution in [1.82, 2.24) is 39.7 Å². The quantitative estimate of drug-likeness (QED) is 0.396. The second kappa shape index (κ2) is 6.71. The standard InChI is InChI=1S/C22H16FN9/c1-11-9-32(10-27-11)18-2-3-26-21-20(18)28-22(29-21)19-15-5-14(12-4-13(24)8-25-7-12)16(23)6-17(15)30-31-19/h2-10H,24H2,1H3,(H,30,31)(H,26,28,29). The first-order chi connectivity index (χ1) is 15.6. The molecule has 6 rings (SSSR count). The minimum Gasteiger partial charge on any atom is -0.397 e. The van der Waals surface area contributed by atoms with Gasteiger partial charge >= 0.3 is 0 Å². The maximum atomic E-state index is 14.8. The molecule has 0 aliphatic carbocycles. The highest BCUT2D eigenvalue weighted by Gasteiger charge is 2.18. The van der Waals surface area contributed by atoms with Crippen LogP contribution in [0.5, 0.6) is 0 Å². The first-order valence-corrected chi connectivity index (χ1v) is 9.81. The normalized spacial score (nSPS) is 11.6. The molecule has 0 atom stereocenters. The lowest BCUT2D eigenvalue weighted by Crippen LogP contribution is -1.92. The van der Waals surface area contributed by atoms with Crippen molar-refractivity contribution in [1.29, 1.82) is 0 Å². The van der Waals surface area contributed by atoms with Crippen LogP contribution in [-0.4, -0.2) is 39.7 Å². The number of nitrogens with two attached hydrogens (primary N) is 1. The molecule has 4 N–H and O–H groups in total. The number of H-pyrrole nitrogens is 2. The summed E-state index contributed by atoms with van der Waals surface area (Å²) >= 11 is 0. The van der Waals surface area contributed by atoms with E-state index in [1.165, 1.54) is 12.3 Å². The number of halogens is 1. The molecular weight excluding hydrogens is 409 g/mol. The number of anilines is 1. The van der Waals surface area contributed by atoms with Crippen LogP contribution in [0.25, 0.3) is 50.4 Å². The van der Waals surface area contributed by atoms with Gasteiger partial charge in [0.15, 0.2) is 11.5 Å². The third kappa shape index (κ3) is 2.81. The molecule has 0 unspecified atom stereocenters. The van der Waals surface area contributed by atoms with E-state index in [9.17, 15) is 4.39 Å². The van der Waals surface area contributed by atoms with Gasteiger partial charge in [-0.15, -0.1) is 0 Å². The molecule has 0 amide bonds. The molecule has 0 spiro atoms. The number of nitrogen functional groups attached to an aromatic ring is 1. The molecule has 5 aromatic heterocycles. The van der Waals surface area contributed by atoms with Crippen LogP contribution in [0.1, 0.15) is 5.69 Å². The molecule has 0 saturated carbocycles. The minimum atomic E-state index is -0.399. The van der Waals surface area contributed by atoms with E-state index in [2.05, 4.69) is 35.1 Å². The van der Waals surface area contributed by atoms with E-state index < -0.39 is 5.82 Å². The lowest BCUT2D eigenvalue weighted by atomic mass is 10.0. The summed E-state index contributed by atoms with van der Waals surface area (Å²) < 4.78 is 16.7. The number of aromatic nitrogens is 8. The van der Waals surface area contributed by atoms with Crippen molar-refractivity contribution < 1.29 is 4.39 Å². The first-order valence-electron chi connectivity index (χ1n) is 9.81. The van der Waals surface area contributed by atoms with Crippen molar-refractivity contribution in [3.63, 3.8) is 0 Å². The Morgan fingerprint density at radius 3 is 2.84 bits per heavy atom. The van der Waals surface area contributed by atoms with Crippen LogP contribution in [0.2, 0.25) is 0 Å². The molecule has 0 aliphatic rings. The number of nitrogens with zero attached hydrogens (tertiary/aromatic N) is 6. The second-order valence-corrected chi connectivity index (χ2v) is 7.49. The molecule has 0 radical (unpaired) electrons. The zero-order valence-corrected chi connectivity index (χ0v) is 16.8. The van der Waals surface area contributed by atoms with E-state index in [0.29, 0.717) is 44.9 Å². The van der Waals surface area contributed by atoms with Crippen molar-refractivity contribution >= 4 is 27.8 Å². The summed E-state index contributed by atoms with van der Waals surface area (Å²) in [6.45, 7) is 1.93. The Morgan fingerprint density at radius 2 is 2.03 bits per heavy atom. The van der Waals surface area contributed by atoms with Gasteiger partial charge in [0.05, 0.1) is 28.9 Å². The Hall–Kier alpha value is -4.60. The van der Waals surface area contributed by atoms with Crippen LogP contribution in [0.15, 0.2) is 55.4 Å². The van der Waals surface area contributed by atoms with Gasteiger partial charge in [-0.3, -0.25) is 10.1 Å². The Balaban J connectivity index is 1.53. The van der Waals surface area contributed by atoms with Crippen molar-refractivity contribution in [2.75, 3.05) is 5.73 Å². The van der Waals surface area contributed by atoms with Crippen LogP contribution in [0, 0.1) is 12.7 Å². The summed E-state index contributed by atoms with van der Waals surface area (Å²) in [7, 11) is 0. The summed E-state index contributed by atoms with van der Waals surface area (Å²) in [4.78, 5) is 20.7. The average Bonchev–Trinajstić information content (AvgIpc) is 3.50. The van der Waals surface area contributed by atoms with Crippen LogP contribution < -0.4 is 5.73 Å². The summed E-state index contributed by atoms with van der Waals surface area (Å²) in [5.41, 5.74) is 11.4. The van der Waals surface area contributed by atoms with Gasteiger partial charge in [0.2, 0.25) is 0 Å². The summed E-state index contributed by atoms with van der Waals surface area (Å²) in [6.07, 6.45) is 8.45. The average molecular weight is 425 g/mol. The largest absolute Gasteiger partial charge is 0.397 e. The number of hydrogen-bond acceptors (Lipinski definition) is 6. The number of aromatic amines is 2. The Kier molecular flexibility index (Phi) is 3.81. The number of pyridine rings is 2. The minimum absolute atomic E-state index is 0.378. The molecule has 32 heavy (non-hydrogen) atoms. The van der Waals surface area contributed by atoms with Crippen molar-refractivity contribution in [3.8, 4) is 28.3 Å². The maximum Gasteiger partial charge on any atom is 0.180 e. The van der Waals surface area contributed by atoms with Crippen LogP contribution in [0.4, 0.5) is 10.1 Å². The molecule has 0 fully saturated rings. The first kappa shape index (κ1) is 18.2. The van der Waals surface area contributed by atoms with Crippen LogP contribution in [0.3, 0.4) is 0 Å². The fourth-order valence-corrected chi connectivity index (χ4v) is 3.82. The highest BCUT2D eigenvalue weighted by atomic mass is 19.1. The lowest BCUT2D eigenvalue weighted by Gasteiger charge is -2.05. The molecule has 0 aliphatic heterocycles. The van der Waals surface area contributed by atoms with E-state index in [1.54, 1.807) is 30.9 Å². The van der Waals surface area contributed by atoms with Gasteiger partial charge < -0.3 is 15.3 Å². The molecule has 9 nitrogen and oxygen atoms in total. The maximum absolute atomic E-state index is 14.8. The molecule has 1 aromatic carbocycles. The third-order valence-corrected chi connectivity index (χ3v) is 5.31. The number of benzene rings is 1. The summed E-state index contributed by atoms with van der Waals surface area (Å²) in [5, 5.41) is 7.98. The zero-order valence-electron chi connectivity index (χ0n) is 16.8. The fourth-order valence-electron chi connectivity index (χ4n) is 3.82. The number of hydrogen-bond donors (Lipinski definition) is 3. The van der Waals surface area contributed by atoms with Gasteiger partial charge in [-0.2, -0.15) is 5.10 Å². The topological polar surface area (TPSA) is 127 Å². The molecule has 10 heteroatoms. The highest BCUT2D eigenvalue weighted by molar-refractivity contribution is 5.96. The van der Waals surface area contributed by atoms with Gasteiger partial charge in [0, 0.05) is 47.4 Å². The SMILES string of the molecule is Cc1cn(-c2ccnc3nc(-c4n[nH]c5cc(F)c(-c6cncc(N)c6)cc45)[nH]c23)cn1. The highest BCUT2D eigenvalue weighted by Crippen LogP contribution is 2.33. The Labute approximate surface area is 180 Å². The number of rotatable bonds is 3. The smallest absolute Gasteiger partial charge is 0.180 e. The van der Waals surface area contributed by atoms with E-state index in [4.69, 9.17) is 5.73 Å². The van der Waals surface area contributed by atoms with Gasteiger partial charge in [-0.05, 0) is 25.1 Å². The predicted molar refractivity (Wildman–Crippen MR) is 118 cm³/mol. The van der Waals surface area contributed by atoms with Crippen LogP contribution in [-0.2, 0) is 0 Å². The number of imidazole rings is 2. The van der Waals surface area contributed by atoms with Gasteiger partial charge in [-0.1, -0.05) is 0 Å². The molecule has 0 bridgehead atoms. The third-order valence-electron chi connectivity index (χ3n) is 5.31. The van der Waals surface area contributed by atoms with Crippen molar-refractivity contribution in [2.24, 2.45) is 0 Å². The number of fused-ring (bicyclic) bond motifs is 2. The predicted octanol–water partition coefficient (Wildman–Crippen LogP) is 3.78. The Morgan fingerprint density at radius 1 is 1.12 bits per heavy atom. The molecular formula is C22H16FN9. The zero-order chi connectivity index (χ0) is 21.8. The molecule has 5 heterocycles. The molecule has 0 saturated heterocycles. The Bertz CT molecular complexity index is 1630. The van der Waals surface area contributed by atoms with Crippen molar-refractivity contribution in [2.45, 2.75) is 6.92 Å². The van der Waals surface area contributed by atoms with Gasteiger partial charge in [-0.25, -0.2) is 19.3 Å². The van der Waals surface area contributed by atoms with E-state index in [-0.39, 0.29) is 0 Å². The monoisotopic (exact) mass is 425 g/mol. The lowest BCUT2D eigenvalue weighted by molar-refractivity contribution is 0.633. The summed E-state index contributed by atoms with van der Waals surface area (Å²) in [5.74, 6) is 0.121. The molecule has 156 valence electrons. The van der Waals surface area contributed by atoms with E-state index in [0.717, 1.165) is 16.9 Å². The van der Waals surface area contributed by atoms with Crippen LogP contribution >= 0.6 is 0 Å². The number of aryl methyl sites for hydroxylation is 1. The van der Waals surface area contributed by atoms with Crippen molar-refractivity contribution in [3.05, 3.63) is 66.9 Å². The van der Waals surface area contributed by atoms with E-state index in [1.807, 2.05) is 23.8 Å². The molecule has 6 aromatic rings. The van der Waals surface area contributed by atoms with Gasteiger partial charge in [0.1, 0.15) is 17.0 Å². The number of nitrogens with one attached hydrogen (secondary N) is 2. The van der Waals surface area contributed by atoms with E-state index >= 15 is 0 Å². The second-order valence-electron chi connectivity index (χ2n) is 7.49. The van der Waals surface area contributed by atoms with Gasteiger partial charge in [0.25, 0.3) is 0 Å². The summed E-state index contributed by atoms with van der Waals surface area (Å²) in [6, 6.07) is 6.70.